The first-order valence-corrected chi connectivity index (χ1v) is 21.1. The summed E-state index contributed by atoms with van der Waals surface area (Å²) in [5.41, 5.74) is 6.91. The number of fused-ring (bicyclic) bond motifs is 6. The molecule has 2 unspecified atom stereocenters. The minimum Gasteiger partial charge on any atom is -0.381 e. The molecule has 8 heterocycles. The lowest BCUT2D eigenvalue weighted by Crippen LogP contribution is -2.49. The second-order valence-electron chi connectivity index (χ2n) is 16.2. The van der Waals surface area contributed by atoms with E-state index in [1.54, 1.807) is 11.3 Å². The molecule has 0 aliphatic carbocycles. The van der Waals surface area contributed by atoms with Gasteiger partial charge in [0.2, 0.25) is 11.8 Å². The third-order valence-electron chi connectivity index (χ3n) is 12.5. The van der Waals surface area contributed by atoms with Gasteiger partial charge in [-0.05, 0) is 56.5 Å². The summed E-state index contributed by atoms with van der Waals surface area (Å²) in [5.74, 6) is -0.864. The number of anilines is 3. The molecule has 3 aromatic heterocycles. The van der Waals surface area contributed by atoms with Gasteiger partial charge in [0, 0.05) is 111 Å². The lowest BCUT2D eigenvalue weighted by molar-refractivity contribution is -0.134. The standard InChI is InChI=1S/C41H48N12O3S/c1-24-22-42-38-36-27-5-7-31(44-30(27)8-9-34(36)57-39(38)41(56)43-24)32-23-53(48-46-32)25-11-13-50(14-12-25)15-16-51-17-19-52(20-18-51)26-3-4-28-33(21-26)49(2)47-37(28)29-6-10-35(54)45-40(29)55/h3-5,7-9,21,23-25,29,31,42,44H,6,10-20,22H2,1-2H3,(H,43,56)(H,45,54,55)/t24-,29?,31?/m1/s1. The van der Waals surface area contributed by atoms with Crippen LogP contribution >= 0.6 is 11.3 Å². The molecule has 10 rings (SSSR count). The number of piperazine rings is 1. The predicted octanol–water partition coefficient (Wildman–Crippen LogP) is 4.08. The number of hydrogen-bond donors (Lipinski definition) is 4. The van der Waals surface area contributed by atoms with Gasteiger partial charge in [0.15, 0.2) is 0 Å². The molecule has 0 bridgehead atoms. The number of carbonyl (C=O) groups is 3. The molecular weight excluding hydrogens is 741 g/mol. The molecule has 0 spiro atoms. The molecule has 296 valence electrons. The summed E-state index contributed by atoms with van der Waals surface area (Å²) in [7, 11) is 1.92. The summed E-state index contributed by atoms with van der Waals surface area (Å²) in [4.78, 5) is 45.5. The Morgan fingerprint density at radius 3 is 2.54 bits per heavy atom. The number of nitrogens with one attached hydrogen (secondary N) is 4. The van der Waals surface area contributed by atoms with Crippen LogP contribution in [-0.2, 0) is 16.6 Å². The Kier molecular flexibility index (Phi) is 9.21. The second kappa shape index (κ2) is 14.6. The Labute approximate surface area is 334 Å². The third kappa shape index (κ3) is 6.72. The van der Waals surface area contributed by atoms with Crippen LogP contribution in [0.3, 0.4) is 0 Å². The van der Waals surface area contributed by atoms with Gasteiger partial charge < -0.3 is 25.8 Å². The number of piperidine rings is 2. The van der Waals surface area contributed by atoms with Crippen molar-refractivity contribution in [2.24, 2.45) is 7.05 Å². The molecule has 3 atom stereocenters. The summed E-state index contributed by atoms with van der Waals surface area (Å²) < 4.78 is 5.03. The van der Waals surface area contributed by atoms with Gasteiger partial charge in [0.05, 0.1) is 41.1 Å². The number of benzene rings is 2. The molecule has 16 heteroatoms. The number of amides is 3. The van der Waals surface area contributed by atoms with Gasteiger partial charge in [0.25, 0.3) is 5.91 Å². The van der Waals surface area contributed by atoms with E-state index in [1.165, 1.54) is 5.69 Å². The Morgan fingerprint density at radius 1 is 0.930 bits per heavy atom. The summed E-state index contributed by atoms with van der Waals surface area (Å²) in [6, 6.07) is 11.0. The average molecular weight is 789 g/mol. The number of nitrogens with zero attached hydrogens (tertiary/aromatic N) is 8. The van der Waals surface area contributed by atoms with Gasteiger partial charge >= 0.3 is 0 Å². The van der Waals surface area contributed by atoms with Crippen molar-refractivity contribution in [3.63, 3.8) is 0 Å². The monoisotopic (exact) mass is 788 g/mol. The minimum atomic E-state index is -0.394. The number of carbonyl (C=O) groups excluding carboxylic acids is 3. The van der Waals surface area contributed by atoms with E-state index in [0.29, 0.717) is 25.4 Å². The fourth-order valence-corrected chi connectivity index (χ4v) is 10.3. The molecule has 57 heavy (non-hydrogen) atoms. The van der Waals surface area contributed by atoms with Crippen LogP contribution in [0, 0.1) is 0 Å². The van der Waals surface area contributed by atoms with Crippen LogP contribution < -0.4 is 26.2 Å². The quantitative estimate of drug-likeness (QED) is 0.176. The first kappa shape index (κ1) is 36.0. The van der Waals surface area contributed by atoms with Crippen LogP contribution in [0.15, 0.2) is 42.6 Å². The molecule has 0 saturated carbocycles. The Morgan fingerprint density at radius 2 is 1.74 bits per heavy atom. The molecule has 5 aliphatic heterocycles. The minimum absolute atomic E-state index is 0.0110. The number of rotatable bonds is 7. The van der Waals surface area contributed by atoms with Gasteiger partial charge in [-0.1, -0.05) is 17.4 Å². The average Bonchev–Trinajstić information content (AvgIpc) is 3.93. The van der Waals surface area contributed by atoms with E-state index in [9.17, 15) is 14.4 Å². The van der Waals surface area contributed by atoms with E-state index in [2.05, 4.69) is 99.6 Å². The molecule has 15 nitrogen and oxygen atoms in total. The highest BCUT2D eigenvalue weighted by Crippen LogP contribution is 2.44. The van der Waals surface area contributed by atoms with Crippen molar-refractivity contribution in [3.05, 3.63) is 64.4 Å². The van der Waals surface area contributed by atoms with Gasteiger partial charge in [0.1, 0.15) is 10.6 Å². The fraction of sp³-hybridized carbons (Fsp3) is 0.463. The number of aryl methyl sites for hydroxylation is 1. The van der Waals surface area contributed by atoms with Crippen molar-refractivity contribution in [1.29, 1.82) is 0 Å². The topological polar surface area (TPSA) is 158 Å². The van der Waals surface area contributed by atoms with Gasteiger partial charge in [-0.2, -0.15) is 5.10 Å². The zero-order valence-electron chi connectivity index (χ0n) is 32.3. The third-order valence-corrected chi connectivity index (χ3v) is 13.7. The van der Waals surface area contributed by atoms with Crippen molar-refractivity contribution in [2.75, 3.05) is 74.4 Å². The Bertz CT molecular complexity index is 2420. The smallest absolute Gasteiger partial charge is 0.263 e. The van der Waals surface area contributed by atoms with Crippen LogP contribution in [-0.4, -0.2) is 117 Å². The zero-order chi connectivity index (χ0) is 38.8. The molecule has 5 aromatic rings. The lowest BCUT2D eigenvalue weighted by atomic mass is 9.93. The second-order valence-corrected chi connectivity index (χ2v) is 17.2. The summed E-state index contributed by atoms with van der Waals surface area (Å²) >= 11 is 1.54. The SMILES string of the molecule is C[C@@H]1CNc2c(sc3ccc4c(c23)C=CC(c2cn(C3CCN(CCN5CCN(c6ccc7c(C8CCC(=O)NC8=O)nn(C)c7c6)CC5)CC3)nn2)N4)C(=O)N1. The molecule has 3 saturated heterocycles. The first-order valence-electron chi connectivity index (χ1n) is 20.3. The van der Waals surface area contributed by atoms with Crippen LogP contribution in [0.4, 0.5) is 17.1 Å². The largest absolute Gasteiger partial charge is 0.381 e. The van der Waals surface area contributed by atoms with Crippen molar-refractivity contribution >= 4 is 73.2 Å². The highest BCUT2D eigenvalue weighted by Gasteiger charge is 2.33. The number of likely N-dealkylation sites (tertiary alicyclic amines) is 1. The highest BCUT2D eigenvalue weighted by molar-refractivity contribution is 7.21. The molecule has 5 aliphatic rings. The molecular formula is C41H48N12O3S. The Hall–Kier alpha value is -5.32. The van der Waals surface area contributed by atoms with E-state index in [-0.39, 0.29) is 29.8 Å². The summed E-state index contributed by atoms with van der Waals surface area (Å²) in [6.07, 6.45) is 9.38. The molecule has 4 N–H and O–H groups in total. The predicted molar refractivity (Wildman–Crippen MR) is 222 cm³/mol. The zero-order valence-corrected chi connectivity index (χ0v) is 33.1. The van der Waals surface area contributed by atoms with Gasteiger partial charge in [-0.25, -0.2) is 4.68 Å². The van der Waals surface area contributed by atoms with E-state index in [4.69, 9.17) is 5.10 Å². The molecule has 0 radical (unpaired) electrons. The number of aromatic nitrogens is 5. The number of imide groups is 1. The fourth-order valence-electron chi connectivity index (χ4n) is 9.23. The normalized spacial score (nSPS) is 23.5. The van der Waals surface area contributed by atoms with E-state index >= 15 is 0 Å². The lowest BCUT2D eigenvalue weighted by Gasteiger charge is -2.38. The van der Waals surface area contributed by atoms with Crippen LogP contribution in [0.2, 0.25) is 0 Å². The molecule has 3 fully saturated rings. The van der Waals surface area contributed by atoms with Crippen LogP contribution in [0.5, 0.6) is 0 Å². The number of thiophene rings is 1. The summed E-state index contributed by atoms with van der Waals surface area (Å²) in [5, 5.41) is 28.8. The first-order chi connectivity index (χ1) is 27.8. The summed E-state index contributed by atoms with van der Waals surface area (Å²) in [6.45, 7) is 10.9. The van der Waals surface area contributed by atoms with E-state index in [0.717, 1.165) is 119 Å². The van der Waals surface area contributed by atoms with E-state index < -0.39 is 5.92 Å². The molecule has 3 amide bonds. The number of hydrogen-bond acceptors (Lipinski definition) is 12. The maximum Gasteiger partial charge on any atom is 0.263 e. The van der Waals surface area contributed by atoms with Crippen molar-refractivity contribution < 1.29 is 14.4 Å². The van der Waals surface area contributed by atoms with Crippen molar-refractivity contribution in [2.45, 2.75) is 56.7 Å². The Balaban J connectivity index is 0.706. The van der Waals surface area contributed by atoms with Crippen LogP contribution in [0.1, 0.15) is 77.2 Å². The van der Waals surface area contributed by atoms with Crippen LogP contribution in [0.25, 0.3) is 27.1 Å². The van der Waals surface area contributed by atoms with Gasteiger partial charge in [-0.15, -0.1) is 16.4 Å². The maximum absolute atomic E-state index is 12.9. The molecule has 2 aromatic carbocycles. The van der Waals surface area contributed by atoms with Crippen molar-refractivity contribution in [3.8, 4) is 0 Å². The highest BCUT2D eigenvalue weighted by atomic mass is 32.1. The van der Waals surface area contributed by atoms with E-state index in [1.807, 2.05) is 18.7 Å². The van der Waals surface area contributed by atoms with Gasteiger partial charge in [-0.3, -0.25) is 29.3 Å². The maximum atomic E-state index is 12.9. The van der Waals surface area contributed by atoms with Crippen molar-refractivity contribution in [1.82, 2.24) is 45.2 Å².